The highest BCUT2D eigenvalue weighted by atomic mass is 28.3. The maximum absolute atomic E-state index is 6.67. The van der Waals surface area contributed by atoms with Crippen molar-refractivity contribution in [2.24, 2.45) is 34.5 Å². The van der Waals surface area contributed by atoms with Crippen LogP contribution in [0.1, 0.15) is 99.3 Å². The van der Waals surface area contributed by atoms with Gasteiger partial charge in [-0.2, -0.15) is 0 Å². The van der Waals surface area contributed by atoms with Crippen molar-refractivity contribution in [3.05, 3.63) is 46.5 Å². The van der Waals surface area contributed by atoms with Gasteiger partial charge in [-0.1, -0.05) is 125 Å². The molecule has 4 heteroatoms. The molecule has 2 aromatic carbocycles. The highest BCUT2D eigenvalue weighted by Crippen LogP contribution is 2.79. The first kappa shape index (κ1) is 37.4. The van der Waals surface area contributed by atoms with Crippen molar-refractivity contribution in [1.29, 1.82) is 0 Å². The molecule has 0 amide bonds. The van der Waals surface area contributed by atoms with Crippen LogP contribution < -0.4 is 20.7 Å². The molecule has 0 saturated heterocycles. The van der Waals surface area contributed by atoms with Crippen molar-refractivity contribution in [1.82, 2.24) is 0 Å². The first-order valence-corrected chi connectivity index (χ1v) is 35.3. The van der Waals surface area contributed by atoms with Crippen LogP contribution in [0.3, 0.4) is 0 Å². The molecule has 8 aliphatic rings. The monoisotopic (exact) mass is 758 g/mol. The van der Waals surface area contributed by atoms with Gasteiger partial charge < -0.3 is 0 Å². The molecular formula is C48H70Si4. The molecule has 0 heterocycles. The summed E-state index contributed by atoms with van der Waals surface area (Å²) >= 11 is 0. The predicted octanol–water partition coefficient (Wildman–Crippen LogP) is 10.2. The summed E-state index contributed by atoms with van der Waals surface area (Å²) in [6, 6.07) is 10.7. The largest absolute Gasteiger partial charge is 0.115 e. The third-order valence-electron chi connectivity index (χ3n) is 16.3. The first-order chi connectivity index (χ1) is 24.0. The van der Waals surface area contributed by atoms with E-state index in [1.165, 1.54) is 88.2 Å². The average molecular weight is 759 g/mol. The van der Waals surface area contributed by atoms with E-state index in [-0.39, 0.29) is 10.8 Å². The van der Waals surface area contributed by atoms with Crippen LogP contribution in [0.5, 0.6) is 0 Å². The minimum absolute atomic E-state index is 0.249. The number of terminal acetylenes is 2. The molecule has 8 saturated carbocycles. The van der Waals surface area contributed by atoms with Gasteiger partial charge in [0.1, 0.15) is 0 Å². The van der Waals surface area contributed by atoms with Crippen LogP contribution in [0.4, 0.5) is 0 Å². The van der Waals surface area contributed by atoms with Crippen LogP contribution in [-0.2, 0) is 10.8 Å². The molecule has 8 aliphatic carbocycles. The zero-order valence-corrected chi connectivity index (χ0v) is 39.3. The fraction of sp³-hybridized carbons (Fsp3) is 0.667. The second-order valence-electron chi connectivity index (χ2n) is 24.2. The highest BCUT2D eigenvalue weighted by Gasteiger charge is 2.70. The van der Waals surface area contributed by atoms with Gasteiger partial charge in [0.15, 0.2) is 0 Å². The second kappa shape index (κ2) is 11.5. The lowest BCUT2D eigenvalue weighted by Gasteiger charge is -2.74. The molecular weight excluding hydrogens is 689 g/mol. The molecule has 0 nitrogen and oxygen atoms in total. The SMILES string of the molecule is C#Cc1c(C23CC4CC(C2)CC(C25CC6CC(CC(c7cc([Si](C)(C)C)cc([Si](C)(C)C)c7C#C)(C6)C2)C5)(C4)C3)cc([Si](C)(C)C)cc1[Si](C)(C)C. The summed E-state index contributed by atoms with van der Waals surface area (Å²) in [7, 11) is -6.41. The molecule has 0 N–H and O–H groups in total. The van der Waals surface area contributed by atoms with Gasteiger partial charge in [-0.3, -0.25) is 0 Å². The predicted molar refractivity (Wildman–Crippen MR) is 238 cm³/mol. The summed E-state index contributed by atoms with van der Waals surface area (Å²) in [6.45, 7) is 30.5. The van der Waals surface area contributed by atoms with Crippen LogP contribution in [0.2, 0.25) is 78.6 Å². The Morgan fingerprint density at radius 1 is 0.462 bits per heavy atom. The fourth-order valence-corrected chi connectivity index (χ4v) is 20.6. The van der Waals surface area contributed by atoms with Gasteiger partial charge in [-0.25, -0.2) is 0 Å². The Bertz CT molecular complexity index is 1740. The van der Waals surface area contributed by atoms with Crippen molar-refractivity contribution in [2.45, 2.75) is 166 Å². The van der Waals surface area contributed by atoms with Gasteiger partial charge in [0.05, 0.1) is 32.3 Å². The van der Waals surface area contributed by atoms with E-state index < -0.39 is 32.3 Å². The molecule has 0 radical (unpaired) electrons. The third-order valence-corrected chi connectivity index (χ3v) is 24.4. The molecule has 8 fully saturated rings. The molecule has 52 heavy (non-hydrogen) atoms. The van der Waals surface area contributed by atoms with Crippen LogP contribution in [0.15, 0.2) is 24.3 Å². The molecule has 0 aromatic heterocycles. The van der Waals surface area contributed by atoms with Crippen molar-refractivity contribution in [3.8, 4) is 24.7 Å². The molecule has 8 bridgehead atoms. The lowest BCUT2D eigenvalue weighted by Crippen LogP contribution is -2.66. The number of hydrogen-bond acceptors (Lipinski definition) is 0. The van der Waals surface area contributed by atoms with Gasteiger partial charge in [-0.05, 0) is 144 Å². The molecule has 10 rings (SSSR count). The number of hydrogen-bond donors (Lipinski definition) is 0. The van der Waals surface area contributed by atoms with Gasteiger partial charge in [0.2, 0.25) is 0 Å². The molecule has 0 aliphatic heterocycles. The molecule has 4 unspecified atom stereocenters. The van der Waals surface area contributed by atoms with Gasteiger partial charge in [0, 0.05) is 11.1 Å². The smallest absolute Gasteiger partial charge is 0.0792 e. The summed E-state index contributed by atoms with van der Waals surface area (Å²) in [5, 5.41) is 6.45. The fourth-order valence-electron chi connectivity index (χ4n) is 14.9. The molecule has 0 spiro atoms. The van der Waals surface area contributed by atoms with Crippen LogP contribution >= 0.6 is 0 Å². The Labute approximate surface area is 323 Å². The quantitative estimate of drug-likeness (QED) is 0.195. The van der Waals surface area contributed by atoms with Crippen LogP contribution in [0.25, 0.3) is 0 Å². The van der Waals surface area contributed by atoms with Crippen molar-refractivity contribution in [2.75, 3.05) is 0 Å². The summed E-state index contributed by atoms with van der Waals surface area (Å²) < 4.78 is 0. The van der Waals surface area contributed by atoms with E-state index in [2.05, 4.69) is 115 Å². The third kappa shape index (κ3) is 5.60. The minimum atomic E-state index is -1.65. The Morgan fingerprint density at radius 3 is 1.02 bits per heavy atom. The maximum atomic E-state index is 6.67. The number of rotatable bonds is 7. The van der Waals surface area contributed by atoms with Gasteiger partial charge >= 0.3 is 0 Å². The Balaban J connectivity index is 1.30. The Kier molecular flexibility index (Phi) is 8.26. The zero-order valence-electron chi connectivity index (χ0n) is 35.3. The van der Waals surface area contributed by atoms with E-state index in [1.54, 1.807) is 31.9 Å². The lowest BCUT2D eigenvalue weighted by atomic mass is 9.30. The Morgan fingerprint density at radius 2 is 0.769 bits per heavy atom. The van der Waals surface area contributed by atoms with Crippen molar-refractivity contribution in [3.63, 3.8) is 0 Å². The van der Waals surface area contributed by atoms with E-state index >= 15 is 0 Å². The topological polar surface area (TPSA) is 0 Å². The summed E-state index contributed by atoms with van der Waals surface area (Å²) in [6.07, 6.45) is 30.5. The standard InChI is InChI=1S/C48H70Si4/c1-15-39-41(19-37(49(3,4)5)21-43(39)51(9,10)11)45-23-33-17-34(24-45)28-47(27-33,31-45)48-29-35-18-36(30-48)26-46(25-35,32-48)42-20-38(50(6,7)8)22-44(40(42)16-2)52(12,13)14/h1-2,19-22,33-36H,17-18,23-32H2,3-14H3. The summed E-state index contributed by atoms with van der Waals surface area (Å²) in [5.41, 5.74) is 7.33. The summed E-state index contributed by atoms with van der Waals surface area (Å²) in [5.74, 6) is 10.3. The Hall–Kier alpha value is -1.57. The van der Waals surface area contributed by atoms with E-state index in [4.69, 9.17) is 12.8 Å². The summed E-state index contributed by atoms with van der Waals surface area (Å²) in [4.78, 5) is 0. The van der Waals surface area contributed by atoms with E-state index in [1.807, 2.05) is 0 Å². The average Bonchev–Trinajstić information content (AvgIpc) is 3.00. The molecule has 278 valence electrons. The van der Waals surface area contributed by atoms with Crippen molar-refractivity contribution < 1.29 is 0 Å². The molecule has 4 atom stereocenters. The zero-order chi connectivity index (χ0) is 37.7. The van der Waals surface area contributed by atoms with Crippen LogP contribution in [-0.4, -0.2) is 32.3 Å². The first-order valence-electron chi connectivity index (χ1n) is 21.3. The normalized spacial score (nSPS) is 36.6. The van der Waals surface area contributed by atoms with E-state index in [9.17, 15) is 0 Å². The minimum Gasteiger partial charge on any atom is -0.115 e. The van der Waals surface area contributed by atoms with Crippen LogP contribution in [0, 0.1) is 59.2 Å². The lowest BCUT2D eigenvalue weighted by molar-refractivity contribution is -0.212. The van der Waals surface area contributed by atoms with E-state index in [0.717, 1.165) is 23.7 Å². The van der Waals surface area contributed by atoms with Crippen molar-refractivity contribution >= 4 is 53.0 Å². The van der Waals surface area contributed by atoms with Gasteiger partial charge in [-0.15, -0.1) is 12.8 Å². The van der Waals surface area contributed by atoms with Gasteiger partial charge in [0.25, 0.3) is 0 Å². The second-order valence-corrected chi connectivity index (χ2v) is 44.5. The molecule has 2 aromatic rings. The highest BCUT2D eigenvalue weighted by molar-refractivity contribution is 6.92. The van der Waals surface area contributed by atoms with E-state index in [0.29, 0.717) is 10.8 Å². The maximum Gasteiger partial charge on any atom is 0.0792 e. The number of benzene rings is 2.